The third kappa shape index (κ3) is 2.58. The summed E-state index contributed by atoms with van der Waals surface area (Å²) in [5.74, 6) is 0.0904. The molecular weight excluding hydrogens is 226 g/mol. The minimum Gasteiger partial charge on any atom is -0.397 e. The minimum absolute atomic E-state index is 0.0904. The van der Waals surface area contributed by atoms with E-state index in [1.165, 1.54) is 5.57 Å². The Morgan fingerprint density at radius 2 is 2.28 bits per heavy atom. The van der Waals surface area contributed by atoms with E-state index >= 15 is 0 Å². The molecule has 0 bridgehead atoms. The van der Waals surface area contributed by atoms with Gasteiger partial charge in [-0.05, 0) is 25.8 Å². The lowest BCUT2D eigenvalue weighted by Gasteiger charge is -2.26. The first kappa shape index (κ1) is 12.7. The Labute approximate surface area is 108 Å². The summed E-state index contributed by atoms with van der Waals surface area (Å²) < 4.78 is 1.96. The first-order chi connectivity index (χ1) is 8.61. The van der Waals surface area contributed by atoms with Crippen LogP contribution < -0.4 is 5.73 Å². The topological polar surface area (TPSA) is 51.3 Å². The number of amides is 1. The van der Waals surface area contributed by atoms with Gasteiger partial charge in [-0.15, -0.1) is 0 Å². The molecule has 0 radical (unpaired) electrons. The first-order valence-electron chi connectivity index (χ1n) is 6.52. The second kappa shape index (κ2) is 5.29. The maximum absolute atomic E-state index is 12.5. The number of aryl methyl sites for hydroxylation is 1. The first-order valence-corrected chi connectivity index (χ1v) is 6.52. The molecule has 4 nitrogen and oxygen atoms in total. The zero-order valence-electron chi connectivity index (χ0n) is 11.1. The van der Waals surface area contributed by atoms with Crippen molar-refractivity contribution in [1.29, 1.82) is 0 Å². The molecular formula is C14H21N3O. The van der Waals surface area contributed by atoms with E-state index in [2.05, 4.69) is 19.9 Å². The van der Waals surface area contributed by atoms with Gasteiger partial charge < -0.3 is 15.2 Å². The molecule has 2 rings (SSSR count). The molecule has 0 atom stereocenters. The monoisotopic (exact) mass is 247 g/mol. The second-order valence-corrected chi connectivity index (χ2v) is 4.92. The fourth-order valence-electron chi connectivity index (χ4n) is 2.38. The van der Waals surface area contributed by atoms with Gasteiger partial charge in [-0.1, -0.05) is 18.6 Å². The number of rotatable bonds is 3. The highest BCUT2D eigenvalue weighted by Crippen LogP contribution is 2.17. The lowest BCUT2D eigenvalue weighted by molar-refractivity contribution is 0.0755. The number of anilines is 1. The second-order valence-electron chi connectivity index (χ2n) is 4.92. The number of carbonyl (C=O) groups is 1. The van der Waals surface area contributed by atoms with Crippen LogP contribution in [0.4, 0.5) is 5.69 Å². The van der Waals surface area contributed by atoms with E-state index in [4.69, 9.17) is 5.73 Å². The summed E-state index contributed by atoms with van der Waals surface area (Å²) in [7, 11) is 0. The van der Waals surface area contributed by atoms with Crippen LogP contribution in [-0.4, -0.2) is 28.5 Å². The maximum Gasteiger partial charge on any atom is 0.270 e. The number of nitrogen functional groups attached to an aromatic ring is 1. The quantitative estimate of drug-likeness (QED) is 0.833. The molecule has 0 fully saturated rings. The Bertz CT molecular complexity index is 473. The minimum atomic E-state index is 0.0904. The molecule has 1 aliphatic rings. The summed E-state index contributed by atoms with van der Waals surface area (Å²) in [6, 6.07) is 1.78. The number of nitrogens with zero attached hydrogens (tertiary/aromatic N) is 2. The molecule has 2 N–H and O–H groups in total. The molecule has 18 heavy (non-hydrogen) atoms. The number of hydrogen-bond acceptors (Lipinski definition) is 2. The zero-order chi connectivity index (χ0) is 13.1. The van der Waals surface area contributed by atoms with Gasteiger partial charge >= 0.3 is 0 Å². The summed E-state index contributed by atoms with van der Waals surface area (Å²) in [6.07, 6.45) is 5.99. The average Bonchev–Trinajstić information content (AvgIpc) is 2.70. The molecule has 0 spiro atoms. The van der Waals surface area contributed by atoms with Gasteiger partial charge in [0, 0.05) is 25.8 Å². The van der Waals surface area contributed by atoms with Crippen molar-refractivity contribution in [3.05, 3.63) is 29.6 Å². The van der Waals surface area contributed by atoms with Crippen molar-refractivity contribution in [2.75, 3.05) is 18.8 Å². The van der Waals surface area contributed by atoms with Crippen LogP contribution in [0.5, 0.6) is 0 Å². The van der Waals surface area contributed by atoms with Gasteiger partial charge in [-0.2, -0.15) is 0 Å². The third-order valence-corrected chi connectivity index (χ3v) is 3.22. The van der Waals surface area contributed by atoms with Gasteiger partial charge in [-0.3, -0.25) is 4.79 Å². The van der Waals surface area contributed by atoms with E-state index in [0.717, 1.165) is 32.5 Å². The molecule has 98 valence electrons. The zero-order valence-corrected chi connectivity index (χ0v) is 11.1. The van der Waals surface area contributed by atoms with Crippen LogP contribution in [0.2, 0.25) is 0 Å². The smallest absolute Gasteiger partial charge is 0.270 e. The van der Waals surface area contributed by atoms with Crippen molar-refractivity contribution in [3.63, 3.8) is 0 Å². The fraction of sp³-hybridized carbons (Fsp3) is 0.500. The highest BCUT2D eigenvalue weighted by Gasteiger charge is 2.21. The molecule has 1 aromatic rings. The number of hydrogen-bond donors (Lipinski definition) is 1. The normalized spacial score (nSPS) is 15.7. The molecule has 1 amide bonds. The molecule has 4 heteroatoms. The summed E-state index contributed by atoms with van der Waals surface area (Å²) in [6.45, 7) is 6.53. The van der Waals surface area contributed by atoms with Gasteiger partial charge in [0.2, 0.25) is 0 Å². The Morgan fingerprint density at radius 3 is 2.94 bits per heavy atom. The molecule has 0 aromatic carbocycles. The van der Waals surface area contributed by atoms with Crippen LogP contribution in [0, 0.1) is 0 Å². The Balaban J connectivity index is 2.20. The van der Waals surface area contributed by atoms with Crippen molar-refractivity contribution in [2.24, 2.45) is 0 Å². The van der Waals surface area contributed by atoms with Gasteiger partial charge in [0.15, 0.2) is 0 Å². The highest BCUT2D eigenvalue weighted by molar-refractivity contribution is 5.94. The van der Waals surface area contributed by atoms with E-state index in [-0.39, 0.29) is 5.91 Å². The predicted molar refractivity (Wildman–Crippen MR) is 73.4 cm³/mol. The average molecular weight is 247 g/mol. The van der Waals surface area contributed by atoms with Gasteiger partial charge in [0.05, 0.1) is 5.69 Å². The fourth-order valence-corrected chi connectivity index (χ4v) is 2.38. The Kier molecular flexibility index (Phi) is 3.75. The molecule has 2 heterocycles. The van der Waals surface area contributed by atoms with Gasteiger partial charge in [0.1, 0.15) is 5.69 Å². The van der Waals surface area contributed by atoms with E-state index in [9.17, 15) is 4.79 Å². The van der Waals surface area contributed by atoms with Crippen LogP contribution in [0.3, 0.4) is 0 Å². The van der Waals surface area contributed by atoms with Crippen LogP contribution in [0.1, 0.15) is 37.2 Å². The number of aromatic nitrogens is 1. The summed E-state index contributed by atoms with van der Waals surface area (Å²) in [4.78, 5) is 14.4. The van der Waals surface area contributed by atoms with Crippen LogP contribution in [0.15, 0.2) is 23.9 Å². The summed E-state index contributed by atoms with van der Waals surface area (Å²) >= 11 is 0. The Hall–Kier alpha value is -1.71. The Morgan fingerprint density at radius 1 is 1.50 bits per heavy atom. The van der Waals surface area contributed by atoms with Gasteiger partial charge in [-0.25, -0.2) is 0 Å². The summed E-state index contributed by atoms with van der Waals surface area (Å²) in [5, 5.41) is 0. The van der Waals surface area contributed by atoms with Crippen molar-refractivity contribution in [1.82, 2.24) is 9.47 Å². The van der Waals surface area contributed by atoms with E-state index in [1.807, 2.05) is 15.7 Å². The van der Waals surface area contributed by atoms with Crippen LogP contribution in [0.25, 0.3) is 0 Å². The number of carbonyl (C=O) groups excluding carboxylic acids is 1. The summed E-state index contributed by atoms with van der Waals surface area (Å²) in [5.41, 5.74) is 8.44. The van der Waals surface area contributed by atoms with Crippen molar-refractivity contribution in [2.45, 2.75) is 33.2 Å². The SMILES string of the molecule is CCCn1cc(N)cc1C(=O)N1CCC=C(C)C1. The molecule has 0 unspecified atom stereocenters. The van der Waals surface area contributed by atoms with E-state index in [1.54, 1.807) is 6.07 Å². The molecule has 0 saturated heterocycles. The van der Waals surface area contributed by atoms with Crippen LogP contribution in [-0.2, 0) is 6.54 Å². The van der Waals surface area contributed by atoms with Crippen molar-refractivity contribution >= 4 is 11.6 Å². The molecule has 1 aromatic heterocycles. The maximum atomic E-state index is 12.5. The standard InChI is InChI=1S/C14H21N3O/c1-3-6-16-10-12(15)8-13(16)14(18)17-7-4-5-11(2)9-17/h5,8,10H,3-4,6-7,9,15H2,1-2H3. The molecule has 0 aliphatic carbocycles. The third-order valence-electron chi connectivity index (χ3n) is 3.22. The van der Waals surface area contributed by atoms with Crippen molar-refractivity contribution < 1.29 is 4.79 Å². The van der Waals surface area contributed by atoms with E-state index < -0.39 is 0 Å². The molecule has 0 saturated carbocycles. The molecule has 1 aliphatic heterocycles. The largest absolute Gasteiger partial charge is 0.397 e. The van der Waals surface area contributed by atoms with Crippen LogP contribution >= 0.6 is 0 Å². The van der Waals surface area contributed by atoms with E-state index in [0.29, 0.717) is 11.4 Å². The predicted octanol–water partition coefficient (Wildman–Crippen LogP) is 2.27. The lowest BCUT2D eigenvalue weighted by Crippen LogP contribution is -2.36. The van der Waals surface area contributed by atoms with Gasteiger partial charge in [0.25, 0.3) is 5.91 Å². The van der Waals surface area contributed by atoms with Crippen molar-refractivity contribution in [3.8, 4) is 0 Å². The highest BCUT2D eigenvalue weighted by atomic mass is 16.2. The lowest BCUT2D eigenvalue weighted by atomic mass is 10.1. The number of nitrogens with two attached hydrogens (primary N) is 1.